The Morgan fingerprint density at radius 1 is 1.14 bits per heavy atom. The number of carbonyl (C=O) groups excluding carboxylic acids is 2. The number of aliphatic hydroxyl groups excluding tert-OH is 1. The fourth-order valence-electron chi connectivity index (χ4n) is 6.65. The molecule has 37 heavy (non-hydrogen) atoms. The molecular formula is C28H35ClN2O5Si. The molecule has 2 amide bonds. The summed E-state index contributed by atoms with van der Waals surface area (Å²) in [5, 5.41) is 10.2. The van der Waals surface area contributed by atoms with E-state index in [4.69, 9.17) is 16.3 Å². The fraction of sp³-hybridized carbons (Fsp3) is 0.500. The Bertz CT molecular complexity index is 1200. The molecule has 0 aromatic heterocycles. The lowest BCUT2D eigenvalue weighted by Crippen LogP contribution is -2.46. The molecule has 2 aromatic rings. The van der Waals surface area contributed by atoms with Crippen LogP contribution >= 0.6 is 11.6 Å². The van der Waals surface area contributed by atoms with Crippen LogP contribution in [0, 0.1) is 5.92 Å². The predicted octanol–water partition coefficient (Wildman–Crippen LogP) is 4.58. The minimum absolute atomic E-state index is 0.0827. The maximum Gasteiger partial charge on any atom is 0.264 e. The first-order valence-electron chi connectivity index (χ1n) is 13.1. The van der Waals surface area contributed by atoms with Gasteiger partial charge < -0.3 is 24.4 Å². The molecule has 3 aliphatic rings. The van der Waals surface area contributed by atoms with E-state index >= 15 is 0 Å². The number of amides is 2. The lowest BCUT2D eigenvalue weighted by atomic mass is 9.82. The van der Waals surface area contributed by atoms with Crippen molar-refractivity contribution in [1.82, 2.24) is 0 Å². The Hall–Kier alpha value is -2.23. The molecule has 0 aliphatic carbocycles. The number of rotatable bonds is 6. The van der Waals surface area contributed by atoms with Crippen LogP contribution in [0.2, 0.25) is 23.7 Å². The summed E-state index contributed by atoms with van der Waals surface area (Å²) in [5.74, 6) is -0.314. The number of halogens is 1. The standard InChI is InChI=1S/C28H35ClN2O5Si/c1-18-26(37(2,3)35)24(13-15-32)36-28(18)22-16-20(29)9-12-23(22)31(27(28)34)17-19-7-10-21(11-8-19)30-14-5-4-6-25(30)33/h7-12,16,18,24,26,32,35H,4-6,13-15,17H2,1-3H3/t18-,24+,26-,28+/m0/s1. The van der Waals surface area contributed by atoms with Crippen LogP contribution in [0.1, 0.15) is 43.7 Å². The number of benzene rings is 2. The number of hydrogen-bond acceptors (Lipinski definition) is 5. The minimum atomic E-state index is -2.74. The van der Waals surface area contributed by atoms with E-state index in [1.165, 1.54) is 0 Å². The molecule has 1 spiro atoms. The Morgan fingerprint density at radius 3 is 2.51 bits per heavy atom. The molecule has 0 unspecified atom stereocenters. The van der Waals surface area contributed by atoms with Crippen molar-refractivity contribution in [2.24, 2.45) is 5.92 Å². The van der Waals surface area contributed by atoms with E-state index in [0.717, 1.165) is 41.9 Å². The third-order valence-electron chi connectivity index (χ3n) is 8.27. The van der Waals surface area contributed by atoms with Crippen LogP contribution in [0.4, 0.5) is 11.4 Å². The molecule has 0 bridgehead atoms. The summed E-state index contributed by atoms with van der Waals surface area (Å²) in [5.41, 5.74) is 1.79. The third kappa shape index (κ3) is 4.42. The second-order valence-electron chi connectivity index (χ2n) is 11.1. The fourth-order valence-corrected chi connectivity index (χ4v) is 9.42. The molecule has 2 N–H and O–H groups in total. The largest absolute Gasteiger partial charge is 0.432 e. The van der Waals surface area contributed by atoms with Gasteiger partial charge in [0.25, 0.3) is 5.91 Å². The van der Waals surface area contributed by atoms with Gasteiger partial charge in [-0.2, -0.15) is 0 Å². The first-order valence-corrected chi connectivity index (χ1v) is 16.5. The SMILES string of the molecule is C[C@H]1[C@H]([Si](C)(C)O)[C@@H](CCO)O[C@]12C(=O)N(Cc1ccc(N3CCCCC3=O)cc1)c1ccc(Cl)cc12. The Balaban J connectivity index is 1.49. The molecule has 7 nitrogen and oxygen atoms in total. The van der Waals surface area contributed by atoms with Crippen LogP contribution in [0.25, 0.3) is 0 Å². The summed E-state index contributed by atoms with van der Waals surface area (Å²) >= 11 is 6.42. The zero-order valence-corrected chi connectivity index (χ0v) is 23.4. The maximum atomic E-state index is 14.3. The van der Waals surface area contributed by atoms with Crippen LogP contribution in [-0.4, -0.2) is 49.3 Å². The number of carbonyl (C=O) groups is 2. The summed E-state index contributed by atoms with van der Waals surface area (Å²) in [6.45, 7) is 6.70. The second kappa shape index (κ2) is 9.82. The number of aliphatic hydroxyl groups is 1. The van der Waals surface area contributed by atoms with Crippen molar-refractivity contribution < 1.29 is 24.2 Å². The van der Waals surface area contributed by atoms with Crippen LogP contribution in [0.3, 0.4) is 0 Å². The average Bonchev–Trinajstić information content (AvgIpc) is 3.27. The van der Waals surface area contributed by atoms with E-state index in [0.29, 0.717) is 24.4 Å². The average molecular weight is 543 g/mol. The number of hydrogen-bond donors (Lipinski definition) is 2. The highest BCUT2D eigenvalue weighted by atomic mass is 35.5. The lowest BCUT2D eigenvalue weighted by molar-refractivity contribution is -0.146. The van der Waals surface area contributed by atoms with Crippen molar-refractivity contribution >= 4 is 43.1 Å². The topological polar surface area (TPSA) is 90.3 Å². The summed E-state index contributed by atoms with van der Waals surface area (Å²) in [4.78, 5) is 41.3. The Morgan fingerprint density at radius 2 is 1.86 bits per heavy atom. The van der Waals surface area contributed by atoms with Gasteiger partial charge in [0.1, 0.15) is 0 Å². The van der Waals surface area contributed by atoms with Gasteiger partial charge in [0.05, 0.1) is 18.3 Å². The van der Waals surface area contributed by atoms with E-state index in [2.05, 4.69) is 0 Å². The van der Waals surface area contributed by atoms with Crippen LogP contribution in [0.5, 0.6) is 0 Å². The van der Waals surface area contributed by atoms with E-state index in [-0.39, 0.29) is 29.9 Å². The van der Waals surface area contributed by atoms with Gasteiger partial charge in [-0.15, -0.1) is 0 Å². The normalized spacial score (nSPS) is 27.9. The van der Waals surface area contributed by atoms with Crippen LogP contribution in [-0.2, 0) is 26.5 Å². The van der Waals surface area contributed by atoms with Gasteiger partial charge in [-0.05, 0) is 68.3 Å². The lowest BCUT2D eigenvalue weighted by Gasteiger charge is -2.32. The summed E-state index contributed by atoms with van der Waals surface area (Å²) in [6, 6.07) is 13.3. The van der Waals surface area contributed by atoms with Crippen molar-refractivity contribution in [1.29, 1.82) is 0 Å². The monoisotopic (exact) mass is 542 g/mol. The quantitative estimate of drug-likeness (QED) is 0.521. The van der Waals surface area contributed by atoms with Crippen LogP contribution in [0.15, 0.2) is 42.5 Å². The number of anilines is 2. The predicted molar refractivity (Wildman–Crippen MR) is 146 cm³/mol. The molecular weight excluding hydrogens is 508 g/mol. The van der Waals surface area contributed by atoms with E-state index in [1.807, 2.05) is 55.2 Å². The van der Waals surface area contributed by atoms with Crippen molar-refractivity contribution in [2.45, 2.75) is 69.5 Å². The molecule has 198 valence electrons. The summed E-state index contributed by atoms with van der Waals surface area (Å²) < 4.78 is 6.59. The highest BCUT2D eigenvalue weighted by Crippen LogP contribution is 2.60. The van der Waals surface area contributed by atoms with E-state index in [9.17, 15) is 19.5 Å². The van der Waals surface area contributed by atoms with Crippen molar-refractivity contribution in [3.8, 4) is 0 Å². The van der Waals surface area contributed by atoms with Crippen molar-refractivity contribution in [3.63, 3.8) is 0 Å². The zero-order chi connectivity index (χ0) is 26.5. The summed E-state index contributed by atoms with van der Waals surface area (Å²) in [7, 11) is -2.74. The number of nitrogens with zero attached hydrogens (tertiary/aromatic N) is 2. The van der Waals surface area contributed by atoms with Gasteiger partial charge in [-0.3, -0.25) is 9.59 Å². The number of piperidine rings is 1. The van der Waals surface area contributed by atoms with Gasteiger partial charge in [0.15, 0.2) is 13.9 Å². The van der Waals surface area contributed by atoms with E-state index < -0.39 is 20.0 Å². The maximum absolute atomic E-state index is 14.3. The third-order valence-corrected chi connectivity index (χ3v) is 11.0. The zero-order valence-electron chi connectivity index (χ0n) is 21.6. The first kappa shape index (κ1) is 26.4. The first-order chi connectivity index (χ1) is 17.6. The Labute approximate surface area is 224 Å². The molecule has 3 aliphatic heterocycles. The minimum Gasteiger partial charge on any atom is -0.432 e. The van der Waals surface area contributed by atoms with Gasteiger partial charge in [0.2, 0.25) is 5.91 Å². The molecule has 5 rings (SSSR count). The molecule has 2 fully saturated rings. The second-order valence-corrected chi connectivity index (χ2v) is 15.5. The molecule has 0 saturated carbocycles. The molecule has 2 aromatic carbocycles. The summed E-state index contributed by atoms with van der Waals surface area (Å²) in [6.07, 6.45) is 2.44. The molecule has 2 saturated heterocycles. The number of fused-ring (bicyclic) bond motifs is 2. The molecule has 0 radical (unpaired) electrons. The molecule has 3 heterocycles. The van der Waals surface area contributed by atoms with Crippen molar-refractivity contribution in [3.05, 3.63) is 58.6 Å². The molecule has 4 atom stereocenters. The highest BCUT2D eigenvalue weighted by Gasteiger charge is 2.66. The van der Waals surface area contributed by atoms with Crippen molar-refractivity contribution in [2.75, 3.05) is 23.0 Å². The Kier molecular flexibility index (Phi) is 7.00. The smallest absolute Gasteiger partial charge is 0.264 e. The molecule has 9 heteroatoms. The van der Waals surface area contributed by atoms with Crippen LogP contribution < -0.4 is 9.80 Å². The van der Waals surface area contributed by atoms with Gasteiger partial charge in [0, 0.05) is 47.3 Å². The highest BCUT2D eigenvalue weighted by molar-refractivity contribution is 6.71. The van der Waals surface area contributed by atoms with E-state index in [1.54, 1.807) is 17.0 Å². The van der Waals surface area contributed by atoms with Gasteiger partial charge >= 0.3 is 0 Å². The van der Waals surface area contributed by atoms with Gasteiger partial charge in [-0.25, -0.2) is 0 Å². The van der Waals surface area contributed by atoms with Gasteiger partial charge in [-0.1, -0.05) is 30.7 Å². The number of ether oxygens (including phenoxy) is 1.